The van der Waals surface area contributed by atoms with Crippen molar-refractivity contribution in [1.29, 1.82) is 0 Å². The van der Waals surface area contributed by atoms with Gasteiger partial charge < -0.3 is 15.5 Å². The van der Waals surface area contributed by atoms with Crippen LogP contribution in [0.3, 0.4) is 0 Å². The summed E-state index contributed by atoms with van der Waals surface area (Å²) < 4.78 is 0. The van der Waals surface area contributed by atoms with Crippen molar-refractivity contribution in [3.63, 3.8) is 0 Å². The molecular weight excluding hydrogens is 266 g/mol. The lowest BCUT2D eigenvalue weighted by molar-refractivity contribution is -0.885. The monoisotopic (exact) mass is 292 g/mol. The van der Waals surface area contributed by atoms with E-state index in [0.29, 0.717) is 12.1 Å². The van der Waals surface area contributed by atoms with E-state index in [1.807, 2.05) is 26.1 Å². The molecule has 0 bridgehead atoms. The van der Waals surface area contributed by atoms with Crippen LogP contribution in [0.25, 0.3) is 0 Å². The van der Waals surface area contributed by atoms with E-state index in [1.165, 1.54) is 0 Å². The first-order valence-electron chi connectivity index (χ1n) is 7.38. The summed E-state index contributed by atoms with van der Waals surface area (Å²) in [4.78, 5) is 24.4. The first kappa shape index (κ1) is 17.2. The van der Waals surface area contributed by atoms with Gasteiger partial charge in [0, 0.05) is 24.2 Å². The third-order valence-corrected chi connectivity index (χ3v) is 3.43. The average molecular weight is 292 g/mol. The van der Waals surface area contributed by atoms with Gasteiger partial charge in [0.15, 0.2) is 6.54 Å². The summed E-state index contributed by atoms with van der Waals surface area (Å²) in [5.41, 5.74) is 1.75. The summed E-state index contributed by atoms with van der Waals surface area (Å²) in [6.45, 7) is 5.25. The Morgan fingerprint density at radius 3 is 2.38 bits per heavy atom. The molecule has 0 aliphatic heterocycles. The molecule has 2 atom stereocenters. The third-order valence-electron chi connectivity index (χ3n) is 3.43. The van der Waals surface area contributed by atoms with Crippen LogP contribution in [-0.2, 0) is 11.3 Å². The molecule has 0 aliphatic carbocycles. The number of quaternary nitrogens is 1. The second-order valence-electron chi connectivity index (χ2n) is 5.46. The Hall–Kier alpha value is -1.88. The van der Waals surface area contributed by atoms with Crippen LogP contribution in [0.4, 0.5) is 0 Å². The predicted molar refractivity (Wildman–Crippen MR) is 83.2 cm³/mol. The molecule has 0 aromatic heterocycles. The average Bonchev–Trinajstić information content (AvgIpc) is 2.46. The maximum atomic E-state index is 11.8. The molecule has 0 heterocycles. The van der Waals surface area contributed by atoms with Crippen LogP contribution in [-0.4, -0.2) is 38.5 Å². The quantitative estimate of drug-likeness (QED) is 0.661. The molecule has 2 amide bonds. The van der Waals surface area contributed by atoms with Crippen LogP contribution >= 0.6 is 0 Å². The molecule has 1 aromatic carbocycles. The molecule has 21 heavy (non-hydrogen) atoms. The first-order valence-corrected chi connectivity index (χ1v) is 7.38. The molecule has 116 valence electrons. The van der Waals surface area contributed by atoms with Gasteiger partial charge in [0.05, 0.1) is 7.05 Å². The van der Waals surface area contributed by atoms with Crippen LogP contribution in [0.2, 0.25) is 0 Å². The lowest BCUT2D eigenvalue weighted by atomic mass is 10.1. The number of amides is 2. The maximum absolute atomic E-state index is 11.8. The third kappa shape index (κ3) is 5.95. The molecule has 1 rings (SSSR count). The van der Waals surface area contributed by atoms with Crippen molar-refractivity contribution in [2.24, 2.45) is 0 Å². The van der Waals surface area contributed by atoms with E-state index < -0.39 is 0 Å². The second kappa shape index (κ2) is 8.42. The zero-order valence-corrected chi connectivity index (χ0v) is 13.3. The topological polar surface area (TPSA) is 62.6 Å². The summed E-state index contributed by atoms with van der Waals surface area (Å²) in [6.07, 6.45) is 0.936. The molecule has 5 heteroatoms. The fourth-order valence-corrected chi connectivity index (χ4v) is 2.03. The summed E-state index contributed by atoms with van der Waals surface area (Å²) in [7, 11) is 3.60. The highest BCUT2D eigenvalue weighted by atomic mass is 16.2. The normalized spacial score (nSPS) is 13.3. The number of rotatable bonds is 7. The van der Waals surface area contributed by atoms with Crippen molar-refractivity contribution in [1.82, 2.24) is 10.6 Å². The Bertz CT molecular complexity index is 471. The minimum Gasteiger partial charge on any atom is -0.355 e. The van der Waals surface area contributed by atoms with Crippen molar-refractivity contribution in [3.05, 3.63) is 35.4 Å². The lowest BCUT2D eigenvalue weighted by Gasteiger charge is -2.16. The van der Waals surface area contributed by atoms with Gasteiger partial charge in [0.25, 0.3) is 11.8 Å². The van der Waals surface area contributed by atoms with Crippen molar-refractivity contribution in [3.8, 4) is 0 Å². The Balaban J connectivity index is 2.49. The highest BCUT2D eigenvalue weighted by Crippen LogP contribution is 2.03. The predicted octanol–water partition coefficient (Wildman–Crippen LogP) is -0.0244. The number of likely N-dealkylation sites (N-methyl/N-ethyl adjacent to an activating group) is 1. The van der Waals surface area contributed by atoms with E-state index in [0.717, 1.165) is 23.4 Å². The Kier molecular flexibility index (Phi) is 6.88. The minimum atomic E-state index is -0.0878. The number of hydrogen-bond donors (Lipinski definition) is 3. The highest BCUT2D eigenvalue weighted by Gasteiger charge is 2.12. The molecule has 5 nitrogen and oxygen atoms in total. The molecule has 0 fully saturated rings. The molecular formula is C16H26N3O2+. The Morgan fingerprint density at radius 2 is 1.86 bits per heavy atom. The number of carbonyl (C=O) groups is 2. The summed E-state index contributed by atoms with van der Waals surface area (Å²) >= 11 is 0. The largest absolute Gasteiger partial charge is 0.355 e. The Morgan fingerprint density at radius 1 is 1.24 bits per heavy atom. The summed E-state index contributed by atoms with van der Waals surface area (Å²) in [6, 6.07) is 7.69. The molecule has 0 saturated heterocycles. The van der Waals surface area contributed by atoms with Crippen LogP contribution in [0.5, 0.6) is 0 Å². The minimum absolute atomic E-state index is 0.0730. The van der Waals surface area contributed by atoms with Crippen LogP contribution in [0, 0.1) is 0 Å². The Labute approximate surface area is 126 Å². The maximum Gasteiger partial charge on any atom is 0.275 e. The number of hydrogen-bond acceptors (Lipinski definition) is 2. The standard InChI is InChI=1S/C16H25N3O2/c1-5-12(2)18-15(20)11-19(4)10-13-6-8-14(9-7-13)16(21)17-3/h6-9,12H,5,10-11H2,1-4H3,(H,17,21)(H,18,20)/p+1/t12-/m1/s1. The van der Waals surface area contributed by atoms with Gasteiger partial charge in [-0.1, -0.05) is 19.1 Å². The smallest absolute Gasteiger partial charge is 0.275 e. The van der Waals surface area contributed by atoms with E-state index >= 15 is 0 Å². The fraction of sp³-hybridized carbons (Fsp3) is 0.500. The van der Waals surface area contributed by atoms with Crippen molar-refractivity contribution < 1.29 is 14.5 Å². The van der Waals surface area contributed by atoms with Gasteiger partial charge in [-0.05, 0) is 25.5 Å². The number of benzene rings is 1. The van der Waals surface area contributed by atoms with Crippen LogP contribution in [0.1, 0.15) is 36.2 Å². The van der Waals surface area contributed by atoms with Gasteiger partial charge in [-0.3, -0.25) is 9.59 Å². The zero-order chi connectivity index (χ0) is 15.8. The van der Waals surface area contributed by atoms with Gasteiger partial charge in [-0.25, -0.2) is 0 Å². The van der Waals surface area contributed by atoms with Gasteiger partial charge in [-0.2, -0.15) is 0 Å². The van der Waals surface area contributed by atoms with E-state index in [-0.39, 0.29) is 17.9 Å². The van der Waals surface area contributed by atoms with E-state index in [9.17, 15) is 9.59 Å². The SMILES string of the molecule is CC[C@@H](C)NC(=O)C[NH+](C)Cc1ccc(C(=O)NC)cc1. The van der Waals surface area contributed by atoms with E-state index in [2.05, 4.69) is 17.6 Å². The molecule has 0 spiro atoms. The van der Waals surface area contributed by atoms with Crippen LogP contribution in [0.15, 0.2) is 24.3 Å². The van der Waals surface area contributed by atoms with Crippen molar-refractivity contribution >= 4 is 11.8 Å². The first-order chi connectivity index (χ1) is 9.96. The summed E-state index contributed by atoms with van der Waals surface area (Å²) in [5.74, 6) is -0.0148. The molecule has 3 N–H and O–H groups in total. The van der Waals surface area contributed by atoms with Crippen molar-refractivity contribution in [2.75, 3.05) is 20.6 Å². The van der Waals surface area contributed by atoms with Gasteiger partial charge in [0.2, 0.25) is 0 Å². The fourth-order valence-electron chi connectivity index (χ4n) is 2.03. The van der Waals surface area contributed by atoms with Gasteiger partial charge >= 0.3 is 0 Å². The number of carbonyl (C=O) groups excluding carboxylic acids is 2. The second-order valence-corrected chi connectivity index (χ2v) is 5.46. The highest BCUT2D eigenvalue weighted by molar-refractivity contribution is 5.93. The van der Waals surface area contributed by atoms with Crippen molar-refractivity contribution in [2.45, 2.75) is 32.9 Å². The molecule has 0 aliphatic rings. The summed E-state index contributed by atoms with van der Waals surface area (Å²) in [5, 5.41) is 5.56. The molecule has 0 radical (unpaired) electrons. The zero-order valence-electron chi connectivity index (χ0n) is 13.3. The van der Waals surface area contributed by atoms with Crippen LogP contribution < -0.4 is 15.5 Å². The molecule has 0 saturated carbocycles. The van der Waals surface area contributed by atoms with Gasteiger partial charge in [0.1, 0.15) is 6.54 Å². The van der Waals surface area contributed by atoms with E-state index in [1.54, 1.807) is 19.2 Å². The van der Waals surface area contributed by atoms with E-state index in [4.69, 9.17) is 0 Å². The number of nitrogens with one attached hydrogen (secondary N) is 3. The lowest BCUT2D eigenvalue weighted by Crippen LogP contribution is -3.09. The molecule has 1 aromatic rings. The molecule has 1 unspecified atom stereocenters. The van der Waals surface area contributed by atoms with Gasteiger partial charge in [-0.15, -0.1) is 0 Å².